The van der Waals surface area contributed by atoms with Crippen LogP contribution < -0.4 is 10.5 Å². The van der Waals surface area contributed by atoms with Crippen molar-refractivity contribution in [2.75, 3.05) is 19.7 Å². The standard InChI is InChI=1S/C24H26ClN3O3/c1-27-14-20(19-5-2-3-6-21(19)27)23(30)28-12-4-11-24(15-28,13-22(26)29)16-31-18-9-7-17(25)8-10-18/h2-3,5-10,14H,4,11-13,15-16H2,1H3,(H2,26,29). The molecule has 1 aliphatic heterocycles. The minimum atomic E-state index is -0.524. The van der Waals surface area contributed by atoms with E-state index in [1.807, 2.05) is 47.0 Å². The highest BCUT2D eigenvalue weighted by molar-refractivity contribution is 6.30. The molecule has 7 heteroatoms. The lowest BCUT2D eigenvalue weighted by Crippen LogP contribution is -2.50. The summed E-state index contributed by atoms with van der Waals surface area (Å²) in [6, 6.07) is 15.0. The van der Waals surface area contributed by atoms with Gasteiger partial charge in [-0.05, 0) is 43.2 Å². The number of amides is 2. The van der Waals surface area contributed by atoms with Crippen molar-refractivity contribution in [2.24, 2.45) is 18.2 Å². The van der Waals surface area contributed by atoms with Crippen molar-refractivity contribution in [3.8, 4) is 5.75 Å². The van der Waals surface area contributed by atoms with E-state index in [1.165, 1.54) is 0 Å². The molecule has 6 nitrogen and oxygen atoms in total. The zero-order chi connectivity index (χ0) is 22.0. The van der Waals surface area contributed by atoms with Crippen molar-refractivity contribution in [2.45, 2.75) is 19.3 Å². The third-order valence-electron chi connectivity index (χ3n) is 5.98. The summed E-state index contributed by atoms with van der Waals surface area (Å²) in [5.74, 6) is 0.252. The van der Waals surface area contributed by atoms with Crippen LogP contribution in [0.2, 0.25) is 5.02 Å². The molecule has 2 amide bonds. The second kappa shape index (κ2) is 8.63. The highest BCUT2D eigenvalue weighted by atomic mass is 35.5. The van der Waals surface area contributed by atoms with E-state index in [4.69, 9.17) is 22.1 Å². The molecular formula is C24H26ClN3O3. The number of nitrogens with two attached hydrogens (primary N) is 1. The number of hydrogen-bond acceptors (Lipinski definition) is 3. The van der Waals surface area contributed by atoms with Gasteiger partial charge in [0.05, 0.1) is 12.2 Å². The first kappa shape index (κ1) is 21.2. The maximum atomic E-state index is 13.5. The third kappa shape index (κ3) is 4.54. The van der Waals surface area contributed by atoms with E-state index in [0.29, 0.717) is 36.0 Å². The van der Waals surface area contributed by atoms with Crippen LogP contribution in [-0.2, 0) is 11.8 Å². The number of halogens is 1. The summed E-state index contributed by atoms with van der Waals surface area (Å²) in [5.41, 5.74) is 6.75. The van der Waals surface area contributed by atoms with Gasteiger partial charge in [0.2, 0.25) is 5.91 Å². The number of hydrogen-bond donors (Lipinski definition) is 1. The molecule has 1 atom stereocenters. The number of aromatic nitrogens is 1. The molecule has 3 aromatic rings. The molecule has 1 saturated heterocycles. The monoisotopic (exact) mass is 439 g/mol. The number of fused-ring (bicyclic) bond motifs is 1. The smallest absolute Gasteiger partial charge is 0.256 e. The summed E-state index contributed by atoms with van der Waals surface area (Å²) in [4.78, 5) is 27.2. The van der Waals surface area contributed by atoms with Crippen LogP contribution in [0, 0.1) is 5.41 Å². The molecule has 0 saturated carbocycles. The van der Waals surface area contributed by atoms with Crippen molar-refractivity contribution in [3.63, 3.8) is 0 Å². The SMILES string of the molecule is Cn1cc(C(=O)N2CCCC(COc3ccc(Cl)cc3)(CC(N)=O)C2)c2ccccc21. The number of likely N-dealkylation sites (tertiary alicyclic amines) is 1. The Bertz CT molecular complexity index is 1110. The summed E-state index contributed by atoms with van der Waals surface area (Å²) in [7, 11) is 1.94. The highest BCUT2D eigenvalue weighted by Gasteiger charge is 2.40. The fourth-order valence-corrected chi connectivity index (χ4v) is 4.64. The van der Waals surface area contributed by atoms with Gasteiger partial charge in [0.1, 0.15) is 5.75 Å². The molecule has 31 heavy (non-hydrogen) atoms. The van der Waals surface area contributed by atoms with Crippen LogP contribution in [0.25, 0.3) is 10.9 Å². The molecule has 1 fully saturated rings. The van der Waals surface area contributed by atoms with Crippen molar-refractivity contribution >= 4 is 34.3 Å². The molecule has 2 N–H and O–H groups in total. The summed E-state index contributed by atoms with van der Waals surface area (Å²) >= 11 is 5.95. The Hall–Kier alpha value is -2.99. The number of para-hydroxylation sites is 1. The summed E-state index contributed by atoms with van der Waals surface area (Å²) in [6.07, 6.45) is 3.60. The van der Waals surface area contributed by atoms with Crippen LogP contribution in [0.15, 0.2) is 54.7 Å². The van der Waals surface area contributed by atoms with Gasteiger partial charge in [-0.15, -0.1) is 0 Å². The van der Waals surface area contributed by atoms with Crippen molar-refractivity contribution in [3.05, 3.63) is 65.3 Å². The second-order valence-corrected chi connectivity index (χ2v) is 8.82. The molecular weight excluding hydrogens is 414 g/mol. The Labute approximate surface area is 186 Å². The van der Waals surface area contributed by atoms with Gasteiger partial charge in [-0.1, -0.05) is 29.8 Å². The van der Waals surface area contributed by atoms with Crippen molar-refractivity contribution in [1.29, 1.82) is 0 Å². The number of ether oxygens (including phenoxy) is 1. The molecule has 0 aliphatic carbocycles. The van der Waals surface area contributed by atoms with Gasteiger partial charge >= 0.3 is 0 Å². The van der Waals surface area contributed by atoms with Gasteiger partial charge in [0, 0.05) is 54.1 Å². The van der Waals surface area contributed by atoms with Gasteiger partial charge in [-0.25, -0.2) is 0 Å². The van der Waals surface area contributed by atoms with Crippen LogP contribution in [0.1, 0.15) is 29.6 Å². The molecule has 1 unspecified atom stereocenters. The maximum Gasteiger partial charge on any atom is 0.256 e. The fourth-order valence-electron chi connectivity index (χ4n) is 4.51. The second-order valence-electron chi connectivity index (χ2n) is 8.39. The van der Waals surface area contributed by atoms with Gasteiger partial charge in [0.25, 0.3) is 5.91 Å². The Kier molecular flexibility index (Phi) is 5.92. The predicted molar refractivity (Wildman–Crippen MR) is 121 cm³/mol. The number of aryl methyl sites for hydroxylation is 1. The third-order valence-corrected chi connectivity index (χ3v) is 6.24. The molecule has 0 spiro atoms. The Morgan fingerprint density at radius 2 is 1.90 bits per heavy atom. The largest absolute Gasteiger partial charge is 0.493 e. The number of piperidine rings is 1. The van der Waals surface area contributed by atoms with Gasteiger partial charge in [0.15, 0.2) is 0 Å². The zero-order valence-electron chi connectivity index (χ0n) is 17.5. The normalized spacial score (nSPS) is 18.8. The first-order valence-corrected chi connectivity index (χ1v) is 10.7. The van der Waals surface area contributed by atoms with Crippen molar-refractivity contribution in [1.82, 2.24) is 9.47 Å². The zero-order valence-corrected chi connectivity index (χ0v) is 18.3. The minimum absolute atomic E-state index is 0.0307. The number of primary amides is 1. The van der Waals surface area contributed by atoms with Crippen LogP contribution >= 0.6 is 11.6 Å². The molecule has 2 aromatic carbocycles. The van der Waals surface area contributed by atoms with Crippen LogP contribution in [0.5, 0.6) is 5.75 Å². The average molecular weight is 440 g/mol. The number of benzene rings is 2. The van der Waals surface area contributed by atoms with Crippen LogP contribution in [0.3, 0.4) is 0 Å². The minimum Gasteiger partial charge on any atom is -0.493 e. The van der Waals surface area contributed by atoms with Crippen LogP contribution in [-0.4, -0.2) is 41.0 Å². The number of carbonyl (C=O) groups excluding carboxylic acids is 2. The Morgan fingerprint density at radius 1 is 1.16 bits per heavy atom. The van der Waals surface area contributed by atoms with E-state index in [2.05, 4.69) is 0 Å². The molecule has 162 valence electrons. The predicted octanol–water partition coefficient (Wildman–Crippen LogP) is 4.01. The average Bonchev–Trinajstić information content (AvgIpc) is 3.09. The Morgan fingerprint density at radius 3 is 2.65 bits per heavy atom. The molecule has 2 heterocycles. The van der Waals surface area contributed by atoms with E-state index in [0.717, 1.165) is 23.7 Å². The molecule has 0 radical (unpaired) electrons. The molecule has 1 aromatic heterocycles. The molecule has 1 aliphatic rings. The topological polar surface area (TPSA) is 77.6 Å². The number of nitrogens with zero attached hydrogens (tertiary/aromatic N) is 2. The summed E-state index contributed by atoms with van der Waals surface area (Å²) < 4.78 is 7.97. The quantitative estimate of drug-likeness (QED) is 0.630. The molecule has 4 rings (SSSR count). The van der Waals surface area contributed by atoms with Crippen LogP contribution in [0.4, 0.5) is 0 Å². The first-order chi connectivity index (χ1) is 14.9. The van der Waals surface area contributed by atoms with Gasteiger partial charge < -0.3 is 19.9 Å². The highest BCUT2D eigenvalue weighted by Crippen LogP contribution is 2.36. The first-order valence-electron chi connectivity index (χ1n) is 10.4. The van der Waals surface area contributed by atoms with E-state index in [9.17, 15) is 9.59 Å². The Balaban J connectivity index is 1.57. The van der Waals surface area contributed by atoms with E-state index in [-0.39, 0.29) is 18.2 Å². The lowest BCUT2D eigenvalue weighted by atomic mass is 9.77. The molecule has 0 bridgehead atoms. The van der Waals surface area contributed by atoms with E-state index in [1.54, 1.807) is 24.3 Å². The lowest BCUT2D eigenvalue weighted by Gasteiger charge is -2.42. The van der Waals surface area contributed by atoms with Gasteiger partial charge in [-0.3, -0.25) is 9.59 Å². The van der Waals surface area contributed by atoms with Gasteiger partial charge in [-0.2, -0.15) is 0 Å². The summed E-state index contributed by atoms with van der Waals surface area (Å²) in [6.45, 7) is 1.37. The van der Waals surface area contributed by atoms with E-state index >= 15 is 0 Å². The number of rotatable bonds is 6. The maximum absolute atomic E-state index is 13.5. The lowest BCUT2D eigenvalue weighted by molar-refractivity contribution is -0.122. The number of carbonyl (C=O) groups is 2. The van der Waals surface area contributed by atoms with Crippen molar-refractivity contribution < 1.29 is 14.3 Å². The summed E-state index contributed by atoms with van der Waals surface area (Å²) in [5, 5.41) is 1.56. The van der Waals surface area contributed by atoms with E-state index < -0.39 is 5.41 Å². The fraction of sp³-hybridized carbons (Fsp3) is 0.333.